The minimum absolute atomic E-state index is 0.108. The number of carbonyl (C=O) groups is 3. The van der Waals surface area contributed by atoms with Crippen molar-refractivity contribution in [1.29, 1.82) is 0 Å². The fourth-order valence-electron chi connectivity index (χ4n) is 4.69. The van der Waals surface area contributed by atoms with Gasteiger partial charge in [-0.15, -0.1) is 5.01 Å². The Hall–Kier alpha value is -2.60. The van der Waals surface area contributed by atoms with Gasteiger partial charge in [-0.05, 0) is 46.6 Å². The number of hydrogen-bond acceptors (Lipinski definition) is 6. The molecule has 182 valence electrons. The summed E-state index contributed by atoms with van der Waals surface area (Å²) in [7, 11) is 0. The summed E-state index contributed by atoms with van der Waals surface area (Å²) in [5.74, 6) is -5.80. The summed E-state index contributed by atoms with van der Waals surface area (Å²) < 4.78 is 58.7. The molecule has 0 aliphatic carbocycles. The summed E-state index contributed by atoms with van der Waals surface area (Å²) in [5.41, 5.74) is -3.97. The summed E-state index contributed by atoms with van der Waals surface area (Å²) in [4.78, 5) is 43.0. The Bertz CT molecular complexity index is 972. The van der Waals surface area contributed by atoms with Crippen LogP contribution >= 0.6 is 0 Å². The Morgan fingerprint density at radius 2 is 1.85 bits per heavy atom. The highest BCUT2D eigenvalue weighted by molar-refractivity contribution is 6.21. The SMILES string of the molecule is CCOC(=O)C1(NC(=O)C(F)(F)F)C[N+](N2CCCC2)(C(C)(C)C)c2ncc(F)cc2C1=O. The average molecular weight is 475 g/mol. The van der Waals surface area contributed by atoms with E-state index in [2.05, 4.69) is 4.98 Å². The second-order valence-corrected chi connectivity index (χ2v) is 9.19. The van der Waals surface area contributed by atoms with Crippen molar-refractivity contribution in [2.24, 2.45) is 0 Å². The van der Waals surface area contributed by atoms with E-state index >= 15 is 0 Å². The van der Waals surface area contributed by atoms with Crippen LogP contribution in [0.5, 0.6) is 0 Å². The third-order valence-corrected chi connectivity index (χ3v) is 6.17. The first-order valence-electron chi connectivity index (χ1n) is 10.6. The number of carbonyl (C=O) groups excluding carboxylic acids is 3. The van der Waals surface area contributed by atoms with Crippen molar-refractivity contribution in [2.75, 3.05) is 26.2 Å². The van der Waals surface area contributed by atoms with Gasteiger partial charge in [0.1, 0.15) is 23.5 Å². The molecule has 12 heteroatoms. The molecule has 8 nitrogen and oxygen atoms in total. The second-order valence-electron chi connectivity index (χ2n) is 9.19. The quantitative estimate of drug-likeness (QED) is 0.312. The van der Waals surface area contributed by atoms with Crippen LogP contribution < -0.4 is 9.91 Å². The number of esters is 1. The van der Waals surface area contributed by atoms with Gasteiger partial charge in [0, 0.05) is 13.1 Å². The van der Waals surface area contributed by atoms with Crippen LogP contribution in [0.2, 0.25) is 0 Å². The third-order valence-electron chi connectivity index (χ3n) is 6.17. The van der Waals surface area contributed by atoms with Crippen molar-refractivity contribution in [1.82, 2.24) is 19.9 Å². The molecule has 3 heterocycles. The molecule has 0 radical (unpaired) electrons. The van der Waals surface area contributed by atoms with Crippen LogP contribution in [-0.2, 0) is 14.3 Å². The van der Waals surface area contributed by atoms with Gasteiger partial charge in [0.05, 0.1) is 12.8 Å². The number of ether oxygens (including phenoxy) is 1. The minimum Gasteiger partial charge on any atom is -0.464 e. The first kappa shape index (κ1) is 25.0. The number of fused-ring (bicyclic) bond motifs is 1. The number of Topliss-reactive ketones (excluding diaryl/α,β-unsaturated/α-hetero) is 1. The highest BCUT2D eigenvalue weighted by Gasteiger charge is 2.68. The van der Waals surface area contributed by atoms with Crippen molar-refractivity contribution < 1.29 is 36.7 Å². The van der Waals surface area contributed by atoms with Crippen molar-refractivity contribution in [3.8, 4) is 0 Å². The van der Waals surface area contributed by atoms with Gasteiger partial charge in [0.25, 0.3) is 11.4 Å². The standard InChI is InChI=1S/C21H26F4N4O4/c1-5-33-18(32)20(27-17(31)21(23,24)25)12-29(19(2,3)4,28-8-6-7-9-28)16-14(15(20)30)10-13(22)11-26-16/h10-11H,5-9,12H2,1-4H3/p+1. The summed E-state index contributed by atoms with van der Waals surface area (Å²) in [5, 5.41) is 3.53. The maximum absolute atomic E-state index is 14.2. The van der Waals surface area contributed by atoms with Gasteiger partial charge in [0.15, 0.2) is 0 Å². The molecule has 3 rings (SSSR count). The second kappa shape index (κ2) is 8.32. The van der Waals surface area contributed by atoms with Gasteiger partial charge in [-0.25, -0.2) is 9.18 Å². The number of ketones is 1. The predicted octanol–water partition coefficient (Wildman–Crippen LogP) is 2.51. The van der Waals surface area contributed by atoms with E-state index in [0.29, 0.717) is 13.1 Å². The summed E-state index contributed by atoms with van der Waals surface area (Å²) in [6.45, 7) is 6.90. The normalized spacial score (nSPS) is 26.1. The number of aromatic nitrogens is 1. The molecule has 0 bridgehead atoms. The number of nitrogens with one attached hydrogen (secondary N) is 1. The molecule has 1 saturated heterocycles. The summed E-state index contributed by atoms with van der Waals surface area (Å²) in [6.07, 6.45) is -2.92. The lowest BCUT2D eigenvalue weighted by atomic mass is 9.81. The fourth-order valence-corrected chi connectivity index (χ4v) is 4.69. The van der Waals surface area contributed by atoms with Crippen molar-refractivity contribution >= 4 is 23.5 Å². The molecule has 0 spiro atoms. The molecule has 1 aromatic heterocycles. The molecule has 1 amide bonds. The lowest BCUT2D eigenvalue weighted by molar-refractivity contribution is -0.179. The molecule has 1 aromatic rings. The lowest BCUT2D eigenvalue weighted by Crippen LogP contribution is -2.82. The van der Waals surface area contributed by atoms with Crippen molar-refractivity contribution in [3.05, 3.63) is 23.6 Å². The molecule has 2 aliphatic heterocycles. The Kier molecular flexibility index (Phi) is 6.31. The van der Waals surface area contributed by atoms with Crippen LogP contribution in [0.25, 0.3) is 0 Å². The minimum atomic E-state index is -5.37. The van der Waals surface area contributed by atoms with E-state index in [9.17, 15) is 31.9 Å². The van der Waals surface area contributed by atoms with Gasteiger partial charge >= 0.3 is 18.1 Å². The van der Waals surface area contributed by atoms with E-state index in [-0.39, 0.29) is 22.6 Å². The van der Waals surface area contributed by atoms with Crippen LogP contribution in [-0.4, -0.2) is 71.1 Å². The lowest BCUT2D eigenvalue weighted by Gasteiger charge is -2.56. The fraction of sp³-hybridized carbons (Fsp3) is 0.619. The van der Waals surface area contributed by atoms with E-state index in [4.69, 9.17) is 4.74 Å². The van der Waals surface area contributed by atoms with Crippen molar-refractivity contribution in [3.63, 3.8) is 0 Å². The molecule has 0 aromatic carbocycles. The van der Waals surface area contributed by atoms with Crippen LogP contribution in [0.4, 0.5) is 23.4 Å². The monoisotopic (exact) mass is 475 g/mol. The predicted molar refractivity (Wildman–Crippen MR) is 109 cm³/mol. The zero-order valence-corrected chi connectivity index (χ0v) is 18.9. The van der Waals surface area contributed by atoms with Crippen molar-refractivity contribution in [2.45, 2.75) is 57.8 Å². The van der Waals surface area contributed by atoms with E-state index in [1.807, 2.05) is 5.01 Å². The van der Waals surface area contributed by atoms with E-state index in [1.54, 1.807) is 26.1 Å². The smallest absolute Gasteiger partial charge is 0.464 e. The molecular formula is C21H27F4N4O4+. The Balaban J connectivity index is 2.36. The van der Waals surface area contributed by atoms with E-state index < -0.39 is 47.3 Å². The molecule has 1 N–H and O–H groups in total. The van der Waals surface area contributed by atoms with E-state index in [0.717, 1.165) is 25.1 Å². The Labute approximate surface area is 188 Å². The molecule has 33 heavy (non-hydrogen) atoms. The first-order valence-corrected chi connectivity index (χ1v) is 10.6. The van der Waals surface area contributed by atoms with E-state index in [1.165, 1.54) is 6.92 Å². The van der Waals surface area contributed by atoms with Gasteiger partial charge in [-0.2, -0.15) is 22.7 Å². The highest BCUT2D eigenvalue weighted by atomic mass is 19.4. The third kappa shape index (κ3) is 3.99. The first-order chi connectivity index (χ1) is 15.2. The molecule has 2 atom stereocenters. The number of halogens is 4. The molecular weight excluding hydrogens is 448 g/mol. The van der Waals surface area contributed by atoms with Crippen LogP contribution in [0.3, 0.4) is 0 Å². The topological polar surface area (TPSA) is 88.6 Å². The largest absolute Gasteiger partial charge is 0.471 e. The van der Waals surface area contributed by atoms with Gasteiger partial charge in [-0.3, -0.25) is 9.59 Å². The van der Waals surface area contributed by atoms with Gasteiger partial charge in [0.2, 0.25) is 5.78 Å². The summed E-state index contributed by atoms with van der Waals surface area (Å²) >= 11 is 0. The Morgan fingerprint density at radius 1 is 1.24 bits per heavy atom. The number of nitrogens with zero attached hydrogens (tertiary/aromatic N) is 3. The molecule has 2 aliphatic rings. The molecule has 1 fully saturated rings. The zero-order chi connectivity index (χ0) is 24.8. The van der Waals surface area contributed by atoms with Gasteiger partial charge in [-0.1, -0.05) is 0 Å². The Morgan fingerprint density at radius 3 is 2.36 bits per heavy atom. The van der Waals surface area contributed by atoms with Crippen LogP contribution in [0.1, 0.15) is 50.9 Å². The molecule has 2 unspecified atom stereocenters. The maximum Gasteiger partial charge on any atom is 0.471 e. The zero-order valence-electron chi connectivity index (χ0n) is 18.9. The number of amides is 1. The maximum atomic E-state index is 14.2. The van der Waals surface area contributed by atoms with Crippen LogP contribution in [0, 0.1) is 5.82 Å². The highest BCUT2D eigenvalue weighted by Crippen LogP contribution is 2.45. The number of alkyl halides is 3. The average Bonchev–Trinajstić information content (AvgIpc) is 3.23. The molecule has 0 saturated carbocycles. The van der Waals surface area contributed by atoms with Gasteiger partial charge < -0.3 is 10.1 Å². The number of quaternary nitrogens is 1. The number of rotatable bonds is 4. The number of hydrogen-bond donors (Lipinski definition) is 1. The summed E-state index contributed by atoms with van der Waals surface area (Å²) in [6, 6.07) is 0.840. The van der Waals surface area contributed by atoms with Crippen LogP contribution in [0.15, 0.2) is 12.3 Å². The number of pyridine rings is 1.